The number of nitrogens with one attached hydrogen (secondary N) is 1. The quantitative estimate of drug-likeness (QED) is 0.734. The van der Waals surface area contributed by atoms with Crippen molar-refractivity contribution in [1.29, 1.82) is 0 Å². The fraction of sp³-hybridized carbons (Fsp3) is 1.00. The molecule has 0 aromatic heterocycles. The summed E-state index contributed by atoms with van der Waals surface area (Å²) < 4.78 is 47.6. The number of hydrogen-bond donors (Lipinski definition) is 2. The minimum atomic E-state index is -4.49. The predicted molar refractivity (Wildman–Crippen MR) is 48.3 cm³/mol. The Kier molecular flexibility index (Phi) is 3.79. The molecule has 0 unspecified atom stereocenters. The van der Waals surface area contributed by atoms with E-state index < -0.39 is 21.8 Å². The van der Waals surface area contributed by atoms with Gasteiger partial charge in [0.25, 0.3) is 10.0 Å². The van der Waals surface area contributed by atoms with Crippen molar-refractivity contribution in [2.75, 3.05) is 0 Å². The number of halogens is 2. The molecule has 0 aromatic rings. The maximum atomic E-state index is 12.0. The van der Waals surface area contributed by atoms with Gasteiger partial charge in [0.05, 0.1) is 0 Å². The molecule has 3 N–H and O–H groups in total. The first kappa shape index (κ1) is 11.8. The zero-order chi connectivity index (χ0) is 10.8. The highest BCUT2D eigenvalue weighted by atomic mass is 32.2. The van der Waals surface area contributed by atoms with Crippen LogP contribution in [0.4, 0.5) is 8.78 Å². The van der Waals surface area contributed by atoms with Gasteiger partial charge in [-0.3, -0.25) is 0 Å². The van der Waals surface area contributed by atoms with Crippen molar-refractivity contribution >= 4 is 10.0 Å². The smallest absolute Gasteiger partial charge is 0.326 e. The van der Waals surface area contributed by atoms with Crippen molar-refractivity contribution in [3.63, 3.8) is 0 Å². The van der Waals surface area contributed by atoms with E-state index in [4.69, 9.17) is 5.73 Å². The van der Waals surface area contributed by atoms with Crippen LogP contribution in [0.3, 0.4) is 0 Å². The molecule has 0 aromatic carbocycles. The van der Waals surface area contributed by atoms with Gasteiger partial charge in [0.15, 0.2) is 0 Å². The van der Waals surface area contributed by atoms with E-state index in [0.29, 0.717) is 12.8 Å². The van der Waals surface area contributed by atoms with Crippen molar-refractivity contribution in [1.82, 2.24) is 4.72 Å². The van der Waals surface area contributed by atoms with Crippen molar-refractivity contribution in [2.24, 2.45) is 5.73 Å². The lowest BCUT2D eigenvalue weighted by Gasteiger charge is -2.28. The summed E-state index contributed by atoms with van der Waals surface area (Å²) in [6.07, 6.45) is 2.96. The van der Waals surface area contributed by atoms with Crippen molar-refractivity contribution in [2.45, 2.75) is 43.5 Å². The zero-order valence-electron chi connectivity index (χ0n) is 7.62. The second kappa shape index (κ2) is 4.50. The van der Waals surface area contributed by atoms with Gasteiger partial charge in [-0.25, -0.2) is 13.1 Å². The first-order chi connectivity index (χ1) is 6.43. The maximum Gasteiger partial charge on any atom is 0.350 e. The van der Waals surface area contributed by atoms with E-state index >= 15 is 0 Å². The lowest BCUT2D eigenvalue weighted by molar-refractivity contribution is 0.229. The van der Waals surface area contributed by atoms with Gasteiger partial charge < -0.3 is 5.73 Å². The monoisotopic (exact) mass is 228 g/mol. The van der Waals surface area contributed by atoms with Gasteiger partial charge in [0, 0.05) is 12.1 Å². The molecule has 0 amide bonds. The summed E-state index contributed by atoms with van der Waals surface area (Å²) in [7, 11) is -4.49. The average molecular weight is 228 g/mol. The molecule has 0 heterocycles. The summed E-state index contributed by atoms with van der Waals surface area (Å²) in [5.74, 6) is -3.38. The maximum absolute atomic E-state index is 12.0. The molecule has 1 aliphatic rings. The van der Waals surface area contributed by atoms with Crippen LogP contribution in [0.25, 0.3) is 0 Å². The van der Waals surface area contributed by atoms with Gasteiger partial charge in [0.1, 0.15) is 0 Å². The lowest BCUT2D eigenvalue weighted by atomic mass is 9.92. The van der Waals surface area contributed by atoms with Crippen LogP contribution in [-0.4, -0.2) is 26.3 Å². The Morgan fingerprint density at radius 2 is 1.86 bits per heavy atom. The molecule has 0 saturated heterocycles. The first-order valence-electron chi connectivity index (χ1n) is 4.48. The van der Waals surface area contributed by atoms with Gasteiger partial charge in [-0.2, -0.15) is 8.78 Å². The summed E-state index contributed by atoms with van der Waals surface area (Å²) in [6, 6.07) is -0.889. The normalized spacial score (nSPS) is 29.4. The SMILES string of the molecule is N[C@@H]1CCCC[C@H]1NS(=O)(=O)C(F)F. The molecule has 0 bridgehead atoms. The van der Waals surface area contributed by atoms with Gasteiger partial charge in [0.2, 0.25) is 0 Å². The van der Waals surface area contributed by atoms with E-state index in [2.05, 4.69) is 0 Å². The topological polar surface area (TPSA) is 72.2 Å². The standard InChI is InChI=1S/C7H14F2N2O2S/c8-7(9)14(12,13)11-6-4-2-1-3-5(6)10/h5-7,11H,1-4,10H2/t5-,6-/m1/s1. The number of sulfonamides is 1. The third kappa shape index (κ3) is 2.86. The van der Waals surface area contributed by atoms with Crippen LogP contribution in [0, 0.1) is 0 Å². The van der Waals surface area contributed by atoms with Crippen LogP contribution < -0.4 is 10.5 Å². The van der Waals surface area contributed by atoms with Gasteiger partial charge in [-0.05, 0) is 12.8 Å². The van der Waals surface area contributed by atoms with Gasteiger partial charge >= 0.3 is 5.76 Å². The molecule has 4 nitrogen and oxygen atoms in total. The molecule has 0 aliphatic heterocycles. The summed E-state index contributed by atoms with van der Waals surface area (Å²) in [5, 5.41) is 0. The Balaban J connectivity index is 2.58. The molecule has 1 fully saturated rings. The molecule has 2 atom stereocenters. The number of rotatable bonds is 3. The third-order valence-corrected chi connectivity index (χ3v) is 3.47. The fourth-order valence-electron chi connectivity index (χ4n) is 1.57. The molecule has 84 valence electrons. The second-order valence-corrected chi connectivity index (χ2v) is 5.16. The Bertz CT molecular complexity index is 281. The van der Waals surface area contributed by atoms with Crippen molar-refractivity contribution in [3.8, 4) is 0 Å². The van der Waals surface area contributed by atoms with E-state index in [0.717, 1.165) is 12.8 Å². The molecular formula is C7H14F2N2O2S. The molecule has 0 radical (unpaired) electrons. The molecule has 0 spiro atoms. The van der Waals surface area contributed by atoms with Crippen LogP contribution in [-0.2, 0) is 10.0 Å². The Labute approximate surface area is 81.9 Å². The summed E-state index contributed by atoms with van der Waals surface area (Å²) >= 11 is 0. The van der Waals surface area contributed by atoms with E-state index in [9.17, 15) is 17.2 Å². The Morgan fingerprint density at radius 1 is 1.29 bits per heavy atom. The van der Waals surface area contributed by atoms with E-state index in [1.165, 1.54) is 0 Å². The van der Waals surface area contributed by atoms with E-state index in [1.54, 1.807) is 0 Å². The van der Waals surface area contributed by atoms with Crippen molar-refractivity contribution in [3.05, 3.63) is 0 Å². The highest BCUT2D eigenvalue weighted by Gasteiger charge is 2.31. The highest BCUT2D eigenvalue weighted by Crippen LogP contribution is 2.18. The van der Waals surface area contributed by atoms with Crippen LogP contribution in [0.15, 0.2) is 0 Å². The van der Waals surface area contributed by atoms with E-state index in [1.807, 2.05) is 4.72 Å². The summed E-state index contributed by atoms with van der Waals surface area (Å²) in [5.41, 5.74) is 5.61. The van der Waals surface area contributed by atoms with E-state index in [-0.39, 0.29) is 6.04 Å². The Hall–Kier alpha value is -0.270. The predicted octanol–water partition coefficient (Wildman–Crippen LogP) is 0.398. The van der Waals surface area contributed by atoms with Crippen LogP contribution in [0.5, 0.6) is 0 Å². The minimum absolute atomic E-state index is 0.350. The summed E-state index contributed by atoms with van der Waals surface area (Å²) in [4.78, 5) is 0. The Morgan fingerprint density at radius 3 is 2.36 bits per heavy atom. The fourth-order valence-corrected chi connectivity index (χ4v) is 2.39. The van der Waals surface area contributed by atoms with Crippen LogP contribution in [0.1, 0.15) is 25.7 Å². The molecule has 7 heteroatoms. The zero-order valence-corrected chi connectivity index (χ0v) is 8.43. The highest BCUT2D eigenvalue weighted by molar-refractivity contribution is 7.89. The average Bonchev–Trinajstić information content (AvgIpc) is 2.08. The largest absolute Gasteiger partial charge is 0.350 e. The first-order valence-corrected chi connectivity index (χ1v) is 6.03. The molecule has 1 aliphatic carbocycles. The minimum Gasteiger partial charge on any atom is -0.326 e. The second-order valence-electron chi connectivity index (χ2n) is 3.48. The number of hydrogen-bond acceptors (Lipinski definition) is 3. The van der Waals surface area contributed by atoms with Gasteiger partial charge in [-0.15, -0.1) is 0 Å². The lowest BCUT2D eigenvalue weighted by Crippen LogP contribution is -2.50. The van der Waals surface area contributed by atoms with Crippen LogP contribution >= 0.6 is 0 Å². The van der Waals surface area contributed by atoms with Crippen LogP contribution in [0.2, 0.25) is 0 Å². The molecular weight excluding hydrogens is 214 g/mol. The molecule has 1 rings (SSSR count). The number of alkyl halides is 2. The number of nitrogens with two attached hydrogens (primary N) is 1. The molecule has 1 saturated carbocycles. The molecule has 14 heavy (non-hydrogen) atoms. The summed E-state index contributed by atoms with van der Waals surface area (Å²) in [6.45, 7) is 0. The third-order valence-electron chi connectivity index (χ3n) is 2.37. The van der Waals surface area contributed by atoms with Crippen molar-refractivity contribution < 1.29 is 17.2 Å². The van der Waals surface area contributed by atoms with Gasteiger partial charge in [-0.1, -0.05) is 12.8 Å².